The van der Waals surface area contributed by atoms with Crippen molar-refractivity contribution in [3.8, 4) is 5.75 Å². The highest BCUT2D eigenvalue weighted by atomic mass is 16.5. The number of ether oxygens (including phenoxy) is 1. The smallest absolute Gasteiger partial charge is 0.118 e. The van der Waals surface area contributed by atoms with Gasteiger partial charge in [-0.3, -0.25) is 0 Å². The Morgan fingerprint density at radius 1 is 1.26 bits per heavy atom. The van der Waals surface area contributed by atoms with Crippen LogP contribution >= 0.6 is 0 Å². The van der Waals surface area contributed by atoms with E-state index >= 15 is 0 Å². The van der Waals surface area contributed by atoms with Crippen LogP contribution in [0.15, 0.2) is 24.3 Å². The second-order valence-corrected chi connectivity index (χ2v) is 5.81. The van der Waals surface area contributed by atoms with E-state index in [1.54, 1.807) is 7.11 Å². The van der Waals surface area contributed by atoms with Crippen molar-refractivity contribution in [3.63, 3.8) is 0 Å². The van der Waals surface area contributed by atoms with Crippen molar-refractivity contribution in [3.05, 3.63) is 29.8 Å². The van der Waals surface area contributed by atoms with Gasteiger partial charge >= 0.3 is 0 Å². The molecule has 0 aliphatic heterocycles. The predicted molar refractivity (Wildman–Crippen MR) is 80.7 cm³/mol. The predicted octanol–water partition coefficient (Wildman–Crippen LogP) is 3.65. The molecule has 0 radical (unpaired) electrons. The van der Waals surface area contributed by atoms with Crippen LogP contribution in [0, 0.1) is 11.8 Å². The zero-order chi connectivity index (χ0) is 13.7. The fourth-order valence-electron chi connectivity index (χ4n) is 2.74. The summed E-state index contributed by atoms with van der Waals surface area (Å²) in [6.07, 6.45) is 5.18. The van der Waals surface area contributed by atoms with Gasteiger partial charge in [0.25, 0.3) is 0 Å². The zero-order valence-corrected chi connectivity index (χ0v) is 12.5. The van der Waals surface area contributed by atoms with Crippen LogP contribution in [0.25, 0.3) is 0 Å². The quantitative estimate of drug-likeness (QED) is 0.771. The average molecular weight is 261 g/mol. The Morgan fingerprint density at radius 2 is 1.95 bits per heavy atom. The highest BCUT2D eigenvalue weighted by Gasteiger charge is 2.32. The molecule has 2 atom stereocenters. The van der Waals surface area contributed by atoms with Gasteiger partial charge in [-0.1, -0.05) is 26.0 Å². The lowest BCUT2D eigenvalue weighted by Gasteiger charge is -2.25. The van der Waals surface area contributed by atoms with E-state index in [-0.39, 0.29) is 0 Å². The van der Waals surface area contributed by atoms with Gasteiger partial charge in [0.15, 0.2) is 0 Å². The molecule has 106 valence electrons. The SMILES string of the molecule is CCCNC(Cc1ccc(OC)cc1)C(C)C1CC1. The lowest BCUT2D eigenvalue weighted by molar-refractivity contribution is 0.339. The van der Waals surface area contributed by atoms with Crippen molar-refractivity contribution < 1.29 is 4.74 Å². The second-order valence-electron chi connectivity index (χ2n) is 5.81. The maximum atomic E-state index is 5.22. The lowest BCUT2D eigenvalue weighted by atomic mass is 9.91. The van der Waals surface area contributed by atoms with E-state index in [1.165, 1.54) is 24.8 Å². The largest absolute Gasteiger partial charge is 0.497 e. The Bertz CT molecular complexity index is 369. The minimum absolute atomic E-state index is 0.612. The van der Waals surface area contributed by atoms with E-state index in [2.05, 4.69) is 43.4 Å². The van der Waals surface area contributed by atoms with E-state index in [9.17, 15) is 0 Å². The number of nitrogens with one attached hydrogen (secondary N) is 1. The molecule has 1 fully saturated rings. The van der Waals surface area contributed by atoms with E-state index in [0.717, 1.165) is 30.6 Å². The highest BCUT2D eigenvalue weighted by molar-refractivity contribution is 5.27. The highest BCUT2D eigenvalue weighted by Crippen LogP contribution is 2.38. The summed E-state index contributed by atoms with van der Waals surface area (Å²) in [5.41, 5.74) is 1.40. The molecule has 1 aliphatic rings. The van der Waals surface area contributed by atoms with Crippen LogP contribution in [-0.2, 0) is 6.42 Å². The molecule has 0 bridgehead atoms. The van der Waals surface area contributed by atoms with Crippen LogP contribution in [0.5, 0.6) is 5.75 Å². The third-order valence-corrected chi connectivity index (χ3v) is 4.27. The molecular formula is C17H27NO. The van der Waals surface area contributed by atoms with Gasteiger partial charge in [-0.25, -0.2) is 0 Å². The molecule has 2 rings (SSSR count). The van der Waals surface area contributed by atoms with Crippen molar-refractivity contribution in [1.82, 2.24) is 5.32 Å². The molecule has 1 aromatic carbocycles. The molecule has 1 N–H and O–H groups in total. The minimum atomic E-state index is 0.612. The summed E-state index contributed by atoms with van der Waals surface area (Å²) < 4.78 is 5.22. The fourth-order valence-corrected chi connectivity index (χ4v) is 2.74. The number of benzene rings is 1. The maximum absolute atomic E-state index is 5.22. The Kier molecular flexibility index (Phi) is 5.26. The Morgan fingerprint density at radius 3 is 2.47 bits per heavy atom. The molecule has 1 saturated carbocycles. The van der Waals surface area contributed by atoms with Crippen LogP contribution in [0.4, 0.5) is 0 Å². The van der Waals surface area contributed by atoms with E-state index < -0.39 is 0 Å². The van der Waals surface area contributed by atoms with Gasteiger partial charge in [0.2, 0.25) is 0 Å². The molecule has 2 nitrogen and oxygen atoms in total. The van der Waals surface area contributed by atoms with Gasteiger partial charge in [-0.05, 0) is 61.8 Å². The number of hydrogen-bond acceptors (Lipinski definition) is 2. The molecular weight excluding hydrogens is 234 g/mol. The van der Waals surface area contributed by atoms with Gasteiger partial charge in [-0.2, -0.15) is 0 Å². The average Bonchev–Trinajstić information content (AvgIpc) is 3.28. The molecule has 0 spiro atoms. The summed E-state index contributed by atoms with van der Waals surface area (Å²) in [5.74, 6) is 2.68. The maximum Gasteiger partial charge on any atom is 0.118 e. The first-order valence-corrected chi connectivity index (χ1v) is 7.61. The molecule has 2 unspecified atom stereocenters. The van der Waals surface area contributed by atoms with Crippen LogP contribution in [0.2, 0.25) is 0 Å². The second kappa shape index (κ2) is 6.95. The Labute approximate surface area is 117 Å². The van der Waals surface area contributed by atoms with Crippen LogP contribution in [-0.4, -0.2) is 19.7 Å². The molecule has 19 heavy (non-hydrogen) atoms. The minimum Gasteiger partial charge on any atom is -0.497 e. The van der Waals surface area contributed by atoms with Crippen molar-refractivity contribution in [2.75, 3.05) is 13.7 Å². The number of methoxy groups -OCH3 is 1. The van der Waals surface area contributed by atoms with E-state index in [0.29, 0.717) is 6.04 Å². The van der Waals surface area contributed by atoms with Gasteiger partial charge in [0.1, 0.15) is 5.75 Å². The molecule has 1 aromatic rings. The summed E-state index contributed by atoms with van der Waals surface area (Å²) in [4.78, 5) is 0. The first-order valence-electron chi connectivity index (χ1n) is 7.61. The monoisotopic (exact) mass is 261 g/mol. The Hall–Kier alpha value is -1.02. The van der Waals surface area contributed by atoms with Crippen molar-refractivity contribution in [1.29, 1.82) is 0 Å². The van der Waals surface area contributed by atoms with E-state index in [4.69, 9.17) is 4.74 Å². The summed E-state index contributed by atoms with van der Waals surface area (Å²) in [5, 5.41) is 3.74. The van der Waals surface area contributed by atoms with Gasteiger partial charge < -0.3 is 10.1 Å². The van der Waals surface area contributed by atoms with Crippen molar-refractivity contribution in [2.24, 2.45) is 11.8 Å². The van der Waals surface area contributed by atoms with Gasteiger partial charge in [-0.15, -0.1) is 0 Å². The molecule has 0 amide bonds. The summed E-state index contributed by atoms with van der Waals surface area (Å²) >= 11 is 0. The van der Waals surface area contributed by atoms with Crippen molar-refractivity contribution >= 4 is 0 Å². The number of hydrogen-bond donors (Lipinski definition) is 1. The third-order valence-electron chi connectivity index (χ3n) is 4.27. The first kappa shape index (κ1) is 14.4. The zero-order valence-electron chi connectivity index (χ0n) is 12.5. The standard InChI is InChI=1S/C17H27NO/c1-4-11-18-17(13(2)15-7-8-15)12-14-5-9-16(19-3)10-6-14/h5-6,9-10,13,15,17-18H,4,7-8,11-12H2,1-3H3. The molecule has 1 aliphatic carbocycles. The third kappa shape index (κ3) is 4.24. The van der Waals surface area contributed by atoms with Gasteiger partial charge in [0, 0.05) is 6.04 Å². The first-order chi connectivity index (χ1) is 9.24. The summed E-state index contributed by atoms with van der Waals surface area (Å²) in [6, 6.07) is 9.13. The molecule has 0 heterocycles. The summed E-state index contributed by atoms with van der Waals surface area (Å²) in [6.45, 7) is 5.77. The van der Waals surface area contributed by atoms with Gasteiger partial charge in [0.05, 0.1) is 7.11 Å². The molecule has 2 heteroatoms. The Balaban J connectivity index is 1.96. The van der Waals surface area contributed by atoms with E-state index in [1.807, 2.05) is 0 Å². The fraction of sp³-hybridized carbons (Fsp3) is 0.647. The normalized spacial score (nSPS) is 18.1. The van der Waals surface area contributed by atoms with Crippen LogP contribution in [0.1, 0.15) is 38.7 Å². The van der Waals surface area contributed by atoms with Crippen LogP contribution in [0.3, 0.4) is 0 Å². The molecule has 0 aromatic heterocycles. The number of rotatable bonds is 8. The van der Waals surface area contributed by atoms with Crippen LogP contribution < -0.4 is 10.1 Å². The lowest BCUT2D eigenvalue weighted by Crippen LogP contribution is -2.38. The molecule has 0 saturated heterocycles. The topological polar surface area (TPSA) is 21.3 Å². The summed E-state index contributed by atoms with van der Waals surface area (Å²) in [7, 11) is 1.72. The van der Waals surface area contributed by atoms with Crippen molar-refractivity contribution in [2.45, 2.75) is 45.6 Å².